The van der Waals surface area contributed by atoms with Gasteiger partial charge in [-0.25, -0.2) is 4.98 Å². The number of rotatable bonds is 4. The smallest absolute Gasteiger partial charge is 0.265 e. The molecule has 0 radical (unpaired) electrons. The maximum Gasteiger partial charge on any atom is 0.265 e. The summed E-state index contributed by atoms with van der Waals surface area (Å²) < 4.78 is 2.19. The van der Waals surface area contributed by atoms with Crippen LogP contribution < -0.4 is 5.32 Å². The standard InChI is InChI=1S/C22H21N3OS/c1-4-25-18-8-6-5-7-17(18)24-21(25)19-9-10-20(27-19)22(26)23-16-12-14(2)11-15(3)13-16/h5-13H,4H2,1-3H3,(H,23,26). The minimum atomic E-state index is -0.0876. The van der Waals surface area contributed by atoms with E-state index in [4.69, 9.17) is 4.98 Å². The Morgan fingerprint density at radius 1 is 1.07 bits per heavy atom. The van der Waals surface area contributed by atoms with E-state index in [1.807, 2.05) is 56.3 Å². The van der Waals surface area contributed by atoms with Gasteiger partial charge in [0.1, 0.15) is 0 Å². The molecule has 0 saturated heterocycles. The molecule has 0 aliphatic heterocycles. The van der Waals surface area contributed by atoms with Crippen molar-refractivity contribution in [3.8, 4) is 10.7 Å². The van der Waals surface area contributed by atoms with E-state index in [0.717, 1.165) is 45.1 Å². The van der Waals surface area contributed by atoms with E-state index < -0.39 is 0 Å². The molecule has 2 aromatic heterocycles. The summed E-state index contributed by atoms with van der Waals surface area (Å²) in [6.45, 7) is 7.00. The molecule has 0 spiro atoms. The lowest BCUT2D eigenvalue weighted by atomic mass is 10.1. The summed E-state index contributed by atoms with van der Waals surface area (Å²) in [5.74, 6) is 0.824. The summed E-state index contributed by atoms with van der Waals surface area (Å²) in [5.41, 5.74) is 5.18. The van der Waals surface area contributed by atoms with E-state index in [1.165, 1.54) is 11.3 Å². The monoisotopic (exact) mass is 375 g/mol. The Morgan fingerprint density at radius 3 is 2.56 bits per heavy atom. The number of nitrogens with zero attached hydrogens (tertiary/aromatic N) is 2. The van der Waals surface area contributed by atoms with Crippen molar-refractivity contribution in [3.05, 3.63) is 70.6 Å². The molecule has 0 atom stereocenters. The molecule has 0 aliphatic rings. The normalized spacial score (nSPS) is 11.1. The molecule has 0 bridgehead atoms. The van der Waals surface area contributed by atoms with E-state index in [0.29, 0.717) is 4.88 Å². The van der Waals surface area contributed by atoms with Gasteiger partial charge < -0.3 is 9.88 Å². The number of amides is 1. The molecule has 1 N–H and O–H groups in total. The summed E-state index contributed by atoms with van der Waals surface area (Å²) in [7, 11) is 0. The maximum atomic E-state index is 12.7. The van der Waals surface area contributed by atoms with E-state index in [1.54, 1.807) is 0 Å². The molecular formula is C22H21N3OS. The van der Waals surface area contributed by atoms with Crippen LogP contribution in [0.3, 0.4) is 0 Å². The van der Waals surface area contributed by atoms with Crippen LogP contribution in [0.2, 0.25) is 0 Å². The van der Waals surface area contributed by atoms with Crippen molar-refractivity contribution in [2.24, 2.45) is 0 Å². The highest BCUT2D eigenvalue weighted by Gasteiger charge is 2.16. The number of aryl methyl sites for hydroxylation is 3. The van der Waals surface area contributed by atoms with Gasteiger partial charge in [-0.15, -0.1) is 11.3 Å². The summed E-state index contributed by atoms with van der Waals surface area (Å²) in [4.78, 5) is 19.1. The van der Waals surface area contributed by atoms with Crippen molar-refractivity contribution in [2.75, 3.05) is 5.32 Å². The van der Waals surface area contributed by atoms with Gasteiger partial charge in [-0.1, -0.05) is 18.2 Å². The number of nitrogens with one attached hydrogen (secondary N) is 1. The number of para-hydroxylation sites is 2. The zero-order valence-corrected chi connectivity index (χ0v) is 16.4. The molecule has 0 saturated carbocycles. The fourth-order valence-corrected chi connectivity index (χ4v) is 4.30. The molecule has 0 aliphatic carbocycles. The topological polar surface area (TPSA) is 46.9 Å². The Hall–Kier alpha value is -2.92. The van der Waals surface area contributed by atoms with Crippen molar-refractivity contribution < 1.29 is 4.79 Å². The minimum Gasteiger partial charge on any atom is -0.324 e. The molecule has 2 heterocycles. The van der Waals surface area contributed by atoms with Crippen LogP contribution in [0.1, 0.15) is 27.7 Å². The fraction of sp³-hybridized carbons (Fsp3) is 0.182. The molecule has 0 unspecified atom stereocenters. The first kappa shape index (κ1) is 17.5. The number of fused-ring (bicyclic) bond motifs is 1. The van der Waals surface area contributed by atoms with Gasteiger partial charge in [0.2, 0.25) is 0 Å². The molecule has 5 heteroatoms. The number of aromatic nitrogens is 2. The highest BCUT2D eigenvalue weighted by molar-refractivity contribution is 7.17. The van der Waals surface area contributed by atoms with Gasteiger partial charge in [0, 0.05) is 12.2 Å². The summed E-state index contributed by atoms with van der Waals surface area (Å²) in [5, 5.41) is 3.00. The van der Waals surface area contributed by atoms with Crippen molar-refractivity contribution >= 4 is 34.0 Å². The first-order chi connectivity index (χ1) is 13.0. The van der Waals surface area contributed by atoms with Crippen molar-refractivity contribution in [2.45, 2.75) is 27.3 Å². The Bertz CT molecular complexity index is 1120. The van der Waals surface area contributed by atoms with Crippen LogP contribution in [0.4, 0.5) is 5.69 Å². The van der Waals surface area contributed by atoms with Crippen molar-refractivity contribution in [1.29, 1.82) is 0 Å². The second-order valence-corrected chi connectivity index (χ2v) is 7.75. The maximum absolute atomic E-state index is 12.7. The highest BCUT2D eigenvalue weighted by atomic mass is 32.1. The lowest BCUT2D eigenvalue weighted by Gasteiger charge is -2.06. The Balaban J connectivity index is 1.64. The number of thiophene rings is 1. The fourth-order valence-electron chi connectivity index (χ4n) is 3.40. The first-order valence-electron chi connectivity index (χ1n) is 9.00. The minimum absolute atomic E-state index is 0.0876. The van der Waals surface area contributed by atoms with Crippen LogP contribution in [-0.4, -0.2) is 15.5 Å². The summed E-state index contributed by atoms with van der Waals surface area (Å²) >= 11 is 1.47. The number of carbonyl (C=O) groups excluding carboxylic acids is 1. The zero-order chi connectivity index (χ0) is 19.0. The molecular weight excluding hydrogens is 354 g/mol. The number of carbonyl (C=O) groups is 1. The van der Waals surface area contributed by atoms with Crippen LogP contribution in [0.25, 0.3) is 21.7 Å². The lowest BCUT2D eigenvalue weighted by Crippen LogP contribution is -2.10. The molecule has 0 fully saturated rings. The number of hydrogen-bond acceptors (Lipinski definition) is 3. The van der Waals surface area contributed by atoms with Crippen LogP contribution in [0.5, 0.6) is 0 Å². The van der Waals surface area contributed by atoms with Gasteiger partial charge in [0.05, 0.1) is 20.8 Å². The Morgan fingerprint density at radius 2 is 1.81 bits per heavy atom. The number of benzene rings is 2. The van der Waals surface area contributed by atoms with Crippen LogP contribution in [0, 0.1) is 13.8 Å². The van der Waals surface area contributed by atoms with E-state index >= 15 is 0 Å². The largest absolute Gasteiger partial charge is 0.324 e. The number of hydrogen-bond donors (Lipinski definition) is 1. The zero-order valence-electron chi connectivity index (χ0n) is 15.6. The van der Waals surface area contributed by atoms with Crippen molar-refractivity contribution in [1.82, 2.24) is 9.55 Å². The average molecular weight is 375 g/mol. The van der Waals surface area contributed by atoms with Gasteiger partial charge in [0.15, 0.2) is 5.82 Å². The van der Waals surface area contributed by atoms with Gasteiger partial charge in [-0.05, 0) is 68.3 Å². The van der Waals surface area contributed by atoms with Gasteiger partial charge in [-0.2, -0.15) is 0 Å². The number of imidazole rings is 1. The SMILES string of the molecule is CCn1c(-c2ccc(C(=O)Nc3cc(C)cc(C)c3)s2)nc2ccccc21. The van der Waals surface area contributed by atoms with Crippen LogP contribution in [0.15, 0.2) is 54.6 Å². The van der Waals surface area contributed by atoms with Crippen LogP contribution in [-0.2, 0) is 6.54 Å². The third-order valence-electron chi connectivity index (χ3n) is 4.50. The Labute approximate surface area is 162 Å². The molecule has 4 aromatic rings. The van der Waals surface area contributed by atoms with Gasteiger partial charge in [0.25, 0.3) is 5.91 Å². The molecule has 1 amide bonds. The van der Waals surface area contributed by atoms with Gasteiger partial charge in [-0.3, -0.25) is 4.79 Å². The molecule has 4 rings (SSSR count). The Kier molecular flexibility index (Phi) is 4.54. The second-order valence-electron chi connectivity index (χ2n) is 6.66. The third-order valence-corrected chi connectivity index (χ3v) is 5.58. The first-order valence-corrected chi connectivity index (χ1v) is 9.82. The molecule has 27 heavy (non-hydrogen) atoms. The number of anilines is 1. The van der Waals surface area contributed by atoms with Crippen molar-refractivity contribution in [3.63, 3.8) is 0 Å². The van der Waals surface area contributed by atoms with E-state index in [-0.39, 0.29) is 5.91 Å². The van der Waals surface area contributed by atoms with E-state index in [2.05, 4.69) is 28.9 Å². The lowest BCUT2D eigenvalue weighted by molar-refractivity contribution is 0.103. The van der Waals surface area contributed by atoms with E-state index in [9.17, 15) is 4.79 Å². The summed E-state index contributed by atoms with van der Waals surface area (Å²) in [6, 6.07) is 18.0. The highest BCUT2D eigenvalue weighted by Crippen LogP contribution is 2.31. The predicted molar refractivity (Wildman–Crippen MR) is 113 cm³/mol. The van der Waals surface area contributed by atoms with Crippen LogP contribution >= 0.6 is 11.3 Å². The molecule has 4 nitrogen and oxygen atoms in total. The third kappa shape index (κ3) is 3.38. The second kappa shape index (κ2) is 7.00. The predicted octanol–water partition coefficient (Wildman–Crippen LogP) is 5.65. The van der Waals surface area contributed by atoms with Gasteiger partial charge >= 0.3 is 0 Å². The molecule has 2 aromatic carbocycles. The molecule has 136 valence electrons. The quantitative estimate of drug-likeness (QED) is 0.501. The average Bonchev–Trinajstić information content (AvgIpc) is 3.25. The summed E-state index contributed by atoms with van der Waals surface area (Å²) in [6.07, 6.45) is 0.